The summed E-state index contributed by atoms with van der Waals surface area (Å²) in [6.45, 7) is 4.20. The van der Waals surface area contributed by atoms with Gasteiger partial charge >= 0.3 is 0 Å². The van der Waals surface area contributed by atoms with Crippen LogP contribution in [0, 0.1) is 11.8 Å². The summed E-state index contributed by atoms with van der Waals surface area (Å²) in [6.07, 6.45) is 5.64. The smallest absolute Gasteiger partial charge is 0.279 e. The maximum Gasteiger partial charge on any atom is 0.279 e. The van der Waals surface area contributed by atoms with Gasteiger partial charge in [0, 0.05) is 19.1 Å². The molecule has 1 saturated heterocycles. The van der Waals surface area contributed by atoms with Crippen LogP contribution >= 0.6 is 0 Å². The van der Waals surface area contributed by atoms with Crippen LogP contribution in [0.4, 0.5) is 0 Å². The van der Waals surface area contributed by atoms with Crippen molar-refractivity contribution < 1.29 is 8.42 Å². The molecular weight excluding hydrogens is 262 g/mol. The Morgan fingerprint density at radius 1 is 1.26 bits per heavy atom. The van der Waals surface area contributed by atoms with Crippen molar-refractivity contribution >= 4 is 10.2 Å². The monoisotopic (exact) mass is 289 g/mol. The largest absolute Gasteiger partial charge is 0.319 e. The van der Waals surface area contributed by atoms with E-state index in [1.807, 2.05) is 14.0 Å². The highest BCUT2D eigenvalue weighted by Crippen LogP contribution is 2.30. The maximum absolute atomic E-state index is 12.4. The molecule has 1 aliphatic carbocycles. The van der Waals surface area contributed by atoms with Crippen LogP contribution in [-0.2, 0) is 10.2 Å². The third-order valence-electron chi connectivity index (χ3n) is 4.51. The topological polar surface area (TPSA) is 61.4 Å². The summed E-state index contributed by atoms with van der Waals surface area (Å²) in [5.41, 5.74) is 0. The van der Waals surface area contributed by atoms with Gasteiger partial charge in [-0.15, -0.1) is 0 Å². The predicted molar refractivity (Wildman–Crippen MR) is 77.1 cm³/mol. The van der Waals surface area contributed by atoms with Crippen LogP contribution in [0.3, 0.4) is 0 Å². The van der Waals surface area contributed by atoms with Gasteiger partial charge in [-0.05, 0) is 58.0 Å². The molecule has 0 bridgehead atoms. The van der Waals surface area contributed by atoms with Crippen molar-refractivity contribution in [3.8, 4) is 0 Å². The number of rotatable bonds is 6. The number of piperidine rings is 1. The molecule has 1 heterocycles. The van der Waals surface area contributed by atoms with Gasteiger partial charge in [0.25, 0.3) is 10.2 Å². The Bertz CT molecular complexity index is 379. The summed E-state index contributed by atoms with van der Waals surface area (Å²) in [5, 5.41) is 3.14. The van der Waals surface area contributed by atoms with Crippen LogP contribution < -0.4 is 10.0 Å². The van der Waals surface area contributed by atoms with Gasteiger partial charge in [-0.25, -0.2) is 0 Å². The summed E-state index contributed by atoms with van der Waals surface area (Å²) < 4.78 is 29.3. The Hall–Kier alpha value is -0.170. The first-order chi connectivity index (χ1) is 9.03. The van der Waals surface area contributed by atoms with E-state index in [0.717, 1.165) is 32.2 Å². The van der Waals surface area contributed by atoms with Crippen LogP contribution in [-0.4, -0.2) is 45.4 Å². The molecule has 112 valence electrons. The second-order valence-corrected chi connectivity index (χ2v) is 7.73. The van der Waals surface area contributed by atoms with E-state index >= 15 is 0 Å². The molecule has 1 saturated carbocycles. The predicted octanol–water partition coefficient (Wildman–Crippen LogP) is 0.941. The summed E-state index contributed by atoms with van der Waals surface area (Å²) >= 11 is 0. The first-order valence-corrected chi connectivity index (χ1v) is 8.89. The highest BCUT2D eigenvalue weighted by Gasteiger charge is 2.32. The molecule has 0 spiro atoms. The molecule has 0 radical (unpaired) electrons. The zero-order valence-electron chi connectivity index (χ0n) is 12.1. The fraction of sp³-hybridized carbons (Fsp3) is 1.00. The quantitative estimate of drug-likeness (QED) is 0.765. The van der Waals surface area contributed by atoms with Crippen molar-refractivity contribution in [2.45, 2.75) is 45.1 Å². The molecule has 2 aliphatic rings. The second kappa shape index (κ2) is 6.52. The molecule has 0 aromatic rings. The molecule has 19 heavy (non-hydrogen) atoms. The lowest BCUT2D eigenvalue weighted by molar-refractivity contribution is 0.240. The lowest BCUT2D eigenvalue weighted by Crippen LogP contribution is -2.51. The normalized spacial score (nSPS) is 28.0. The average Bonchev–Trinajstić information content (AvgIpc) is 2.26. The lowest BCUT2D eigenvalue weighted by atomic mass is 9.81. The summed E-state index contributed by atoms with van der Waals surface area (Å²) in [6, 6.07) is 0.0726. The van der Waals surface area contributed by atoms with Gasteiger partial charge in [0.1, 0.15) is 0 Å². The Morgan fingerprint density at radius 3 is 2.58 bits per heavy atom. The third kappa shape index (κ3) is 3.90. The number of hydrogen-bond donors (Lipinski definition) is 2. The summed E-state index contributed by atoms with van der Waals surface area (Å²) in [7, 11) is -1.38. The van der Waals surface area contributed by atoms with E-state index in [9.17, 15) is 8.42 Å². The van der Waals surface area contributed by atoms with Gasteiger partial charge in [0.15, 0.2) is 0 Å². The van der Waals surface area contributed by atoms with Crippen molar-refractivity contribution in [1.82, 2.24) is 14.3 Å². The van der Waals surface area contributed by atoms with E-state index in [0.29, 0.717) is 24.9 Å². The zero-order valence-corrected chi connectivity index (χ0v) is 12.9. The first-order valence-electron chi connectivity index (χ1n) is 7.45. The number of nitrogens with zero attached hydrogens (tertiary/aromatic N) is 1. The molecule has 2 rings (SSSR count). The van der Waals surface area contributed by atoms with Crippen molar-refractivity contribution in [2.24, 2.45) is 11.8 Å². The van der Waals surface area contributed by atoms with E-state index in [-0.39, 0.29) is 6.04 Å². The van der Waals surface area contributed by atoms with E-state index in [4.69, 9.17) is 0 Å². The van der Waals surface area contributed by atoms with Crippen molar-refractivity contribution in [3.63, 3.8) is 0 Å². The molecule has 2 N–H and O–H groups in total. The van der Waals surface area contributed by atoms with Gasteiger partial charge in [0.2, 0.25) is 0 Å². The zero-order chi connectivity index (χ0) is 13.9. The van der Waals surface area contributed by atoms with Gasteiger partial charge in [-0.2, -0.15) is 17.4 Å². The van der Waals surface area contributed by atoms with Crippen molar-refractivity contribution in [3.05, 3.63) is 0 Å². The van der Waals surface area contributed by atoms with Crippen molar-refractivity contribution in [1.29, 1.82) is 0 Å². The van der Waals surface area contributed by atoms with Crippen LogP contribution in [0.25, 0.3) is 0 Å². The Labute approximate surface area is 117 Å². The van der Waals surface area contributed by atoms with E-state index in [1.54, 1.807) is 4.31 Å². The fourth-order valence-corrected chi connectivity index (χ4v) is 4.63. The maximum atomic E-state index is 12.4. The van der Waals surface area contributed by atoms with Crippen LogP contribution in [0.15, 0.2) is 0 Å². The third-order valence-corrected chi connectivity index (χ3v) is 6.19. The van der Waals surface area contributed by atoms with Gasteiger partial charge in [-0.3, -0.25) is 0 Å². The Balaban J connectivity index is 1.90. The summed E-state index contributed by atoms with van der Waals surface area (Å²) in [4.78, 5) is 0. The van der Waals surface area contributed by atoms with Crippen molar-refractivity contribution in [2.75, 3.05) is 26.7 Å². The van der Waals surface area contributed by atoms with Crippen LogP contribution in [0.2, 0.25) is 0 Å². The lowest BCUT2D eigenvalue weighted by Gasteiger charge is -2.36. The van der Waals surface area contributed by atoms with Gasteiger partial charge in [0.05, 0.1) is 0 Å². The standard InChI is InChI=1S/C13H27N3O2S/c1-11(13-6-3-7-13)15-19(17,18)16-8-4-5-12(10-16)9-14-2/h11-15H,3-10H2,1-2H3. The molecule has 1 aliphatic heterocycles. The van der Waals surface area contributed by atoms with Crippen LogP contribution in [0.5, 0.6) is 0 Å². The molecule has 0 aromatic heterocycles. The highest BCUT2D eigenvalue weighted by molar-refractivity contribution is 7.87. The fourth-order valence-electron chi connectivity index (χ4n) is 3.05. The minimum absolute atomic E-state index is 0.0726. The average molecular weight is 289 g/mol. The van der Waals surface area contributed by atoms with E-state index in [2.05, 4.69) is 10.0 Å². The SMILES string of the molecule is CNCC1CCCN(S(=O)(=O)NC(C)C2CCC2)C1. The minimum Gasteiger partial charge on any atom is -0.319 e. The molecule has 2 fully saturated rings. The Kier molecular flexibility index (Phi) is 5.22. The Morgan fingerprint density at radius 2 is 2.00 bits per heavy atom. The van der Waals surface area contributed by atoms with E-state index < -0.39 is 10.2 Å². The van der Waals surface area contributed by atoms with Gasteiger partial charge < -0.3 is 5.32 Å². The molecule has 2 unspecified atom stereocenters. The first kappa shape index (κ1) is 15.2. The molecule has 5 nitrogen and oxygen atoms in total. The molecular formula is C13H27N3O2S. The number of nitrogens with one attached hydrogen (secondary N) is 2. The second-order valence-electron chi connectivity index (χ2n) is 6.03. The van der Waals surface area contributed by atoms with E-state index in [1.165, 1.54) is 6.42 Å². The summed E-state index contributed by atoms with van der Waals surface area (Å²) in [5.74, 6) is 0.974. The molecule has 0 amide bonds. The van der Waals surface area contributed by atoms with Gasteiger partial charge in [-0.1, -0.05) is 6.42 Å². The highest BCUT2D eigenvalue weighted by atomic mass is 32.2. The van der Waals surface area contributed by atoms with Crippen LogP contribution in [0.1, 0.15) is 39.0 Å². The molecule has 0 aromatic carbocycles. The molecule has 6 heteroatoms. The number of hydrogen-bond acceptors (Lipinski definition) is 3. The minimum atomic E-state index is -3.30. The molecule has 2 atom stereocenters.